The zero-order valence-corrected chi connectivity index (χ0v) is 28.0. The highest BCUT2D eigenvalue weighted by atomic mass is 19.4. The lowest BCUT2D eigenvalue weighted by Gasteiger charge is -2.18. The van der Waals surface area contributed by atoms with Crippen molar-refractivity contribution in [1.82, 2.24) is 19.4 Å². The molecule has 3 aromatic carbocycles. The molecule has 1 N–H and O–H groups in total. The van der Waals surface area contributed by atoms with Crippen LogP contribution in [0.15, 0.2) is 71.5 Å². The highest BCUT2D eigenvalue weighted by Crippen LogP contribution is 2.30. The van der Waals surface area contributed by atoms with E-state index in [1.165, 1.54) is 5.56 Å². The van der Waals surface area contributed by atoms with E-state index in [-0.39, 0.29) is 18.8 Å². The van der Waals surface area contributed by atoms with Crippen LogP contribution < -0.4 is 15.2 Å². The topological polar surface area (TPSA) is 114 Å². The van der Waals surface area contributed by atoms with Gasteiger partial charge in [0.15, 0.2) is 0 Å². The number of hydrogen-bond acceptors (Lipinski definition) is 7. The van der Waals surface area contributed by atoms with Crippen LogP contribution in [0.2, 0.25) is 0 Å². The fraction of sp³-hybridized carbons (Fsp3) is 0.333. The maximum absolute atomic E-state index is 13.4. The van der Waals surface area contributed by atoms with Gasteiger partial charge < -0.3 is 24.4 Å². The monoisotopic (exact) mass is 680 g/mol. The van der Waals surface area contributed by atoms with Crippen LogP contribution in [-0.4, -0.2) is 83.5 Å². The first-order valence-electron chi connectivity index (χ1n) is 15.3. The van der Waals surface area contributed by atoms with Gasteiger partial charge in [0.05, 0.1) is 17.8 Å². The van der Waals surface area contributed by atoms with Crippen LogP contribution in [0.25, 0.3) is 22.2 Å². The van der Waals surface area contributed by atoms with Gasteiger partial charge in [-0.1, -0.05) is 56.2 Å². The molecule has 0 aliphatic rings. The molecule has 1 aromatic heterocycles. The fourth-order valence-corrected chi connectivity index (χ4v) is 4.61. The molecule has 0 saturated heterocycles. The van der Waals surface area contributed by atoms with Crippen molar-refractivity contribution in [2.75, 3.05) is 40.8 Å². The summed E-state index contributed by atoms with van der Waals surface area (Å²) >= 11 is 0. The summed E-state index contributed by atoms with van der Waals surface area (Å²) in [6, 6.07) is 20.8. The summed E-state index contributed by atoms with van der Waals surface area (Å²) in [4.78, 5) is 42.9. The molecule has 0 spiro atoms. The van der Waals surface area contributed by atoms with E-state index >= 15 is 0 Å². The summed E-state index contributed by atoms with van der Waals surface area (Å²) in [5.41, 5.74) is 3.87. The molecule has 1 heterocycles. The first kappa shape index (κ1) is 38.1. The minimum Gasteiger partial charge on any atom is -0.481 e. The van der Waals surface area contributed by atoms with Gasteiger partial charge in [-0.25, -0.2) is 14.4 Å². The Bertz CT molecular complexity index is 1830. The second-order valence-corrected chi connectivity index (χ2v) is 11.7. The average Bonchev–Trinajstić information content (AvgIpc) is 3.05. The lowest BCUT2D eigenvalue weighted by Crippen LogP contribution is -2.32. The number of amides is 1. The van der Waals surface area contributed by atoms with E-state index in [4.69, 9.17) is 25.8 Å². The van der Waals surface area contributed by atoms with Crippen molar-refractivity contribution in [3.8, 4) is 35.1 Å². The number of aliphatic carboxylic acids is 1. The minimum atomic E-state index is -5.08. The smallest absolute Gasteiger partial charge is 0.481 e. The maximum Gasteiger partial charge on any atom is 0.490 e. The highest BCUT2D eigenvalue weighted by Gasteiger charge is 2.38. The number of fused-ring (bicyclic) bond motifs is 1. The van der Waals surface area contributed by atoms with Crippen molar-refractivity contribution < 1.29 is 37.3 Å². The third-order valence-electron chi connectivity index (χ3n) is 7.25. The number of aromatic nitrogens is 2. The van der Waals surface area contributed by atoms with E-state index in [9.17, 15) is 22.8 Å². The lowest BCUT2D eigenvalue weighted by atomic mass is 9.99. The molecule has 10 nitrogen and oxygen atoms in total. The Morgan fingerprint density at radius 2 is 1.59 bits per heavy atom. The van der Waals surface area contributed by atoms with Crippen LogP contribution >= 0.6 is 0 Å². The highest BCUT2D eigenvalue weighted by molar-refractivity contribution is 5.93. The van der Waals surface area contributed by atoms with Gasteiger partial charge in [0.25, 0.3) is 0 Å². The SMILES string of the molecule is C#CCOc1ccc2c(c1)c(-c1ccc(C(C)C)cc1)nc(=O)n2Cc1ccc(OC(=O)N(C)CCCN(C)C)cc1.O=C(O)C(F)(F)F. The molecule has 0 saturated carbocycles. The first-order valence-corrected chi connectivity index (χ1v) is 15.3. The summed E-state index contributed by atoms with van der Waals surface area (Å²) in [6.45, 7) is 6.20. The van der Waals surface area contributed by atoms with E-state index < -0.39 is 18.2 Å². The van der Waals surface area contributed by atoms with Gasteiger partial charge in [-0.3, -0.25) is 4.57 Å². The van der Waals surface area contributed by atoms with E-state index in [1.807, 2.05) is 50.5 Å². The molecular weight excluding hydrogens is 641 g/mol. The number of ether oxygens (including phenoxy) is 2. The molecule has 260 valence electrons. The van der Waals surface area contributed by atoms with Gasteiger partial charge in [-0.05, 0) is 74.4 Å². The van der Waals surface area contributed by atoms with Crippen molar-refractivity contribution in [2.24, 2.45) is 0 Å². The molecule has 0 bridgehead atoms. The fourth-order valence-electron chi connectivity index (χ4n) is 4.61. The van der Waals surface area contributed by atoms with Crippen LogP contribution in [-0.2, 0) is 11.3 Å². The van der Waals surface area contributed by atoms with E-state index in [1.54, 1.807) is 34.7 Å². The van der Waals surface area contributed by atoms with Gasteiger partial charge >= 0.3 is 23.9 Å². The van der Waals surface area contributed by atoms with E-state index in [2.05, 4.69) is 41.8 Å². The number of terminal acetylenes is 1. The molecule has 0 fully saturated rings. The predicted molar refractivity (Wildman–Crippen MR) is 181 cm³/mol. The van der Waals surface area contributed by atoms with Crippen molar-refractivity contribution in [2.45, 2.75) is 38.9 Å². The Balaban J connectivity index is 0.000000838. The first-order chi connectivity index (χ1) is 23.1. The van der Waals surface area contributed by atoms with Gasteiger partial charge in [0, 0.05) is 24.5 Å². The molecule has 0 atom stereocenters. The third kappa shape index (κ3) is 11.1. The Labute approximate surface area is 282 Å². The number of alkyl halides is 3. The molecular formula is C36H39F3N4O6. The van der Waals surface area contributed by atoms with Crippen LogP contribution in [0.3, 0.4) is 0 Å². The Morgan fingerprint density at radius 1 is 0.980 bits per heavy atom. The normalized spacial score (nSPS) is 11.1. The Hall–Kier alpha value is -5.35. The number of carboxylic acids is 1. The summed E-state index contributed by atoms with van der Waals surface area (Å²) in [7, 11) is 5.72. The molecule has 49 heavy (non-hydrogen) atoms. The van der Waals surface area contributed by atoms with Crippen molar-refractivity contribution in [3.63, 3.8) is 0 Å². The standard InChI is InChI=1S/C34H38N4O4.C2HF3O2/c1-7-21-41-29-17-18-31-30(22-29)32(27-13-11-26(12-14-27)24(2)3)35-33(39)38(31)23-25-9-15-28(16-10-25)42-34(40)37(6)20-8-19-36(4)5;3-2(4,5)1(6)7/h1,9-18,22,24H,8,19-21,23H2,2-6H3;(H,6,7). The second-order valence-electron chi connectivity index (χ2n) is 11.7. The number of rotatable bonds is 11. The number of hydrogen-bond donors (Lipinski definition) is 1. The largest absolute Gasteiger partial charge is 0.490 e. The molecule has 4 aromatic rings. The van der Waals surface area contributed by atoms with Crippen LogP contribution in [0.1, 0.15) is 37.3 Å². The van der Waals surface area contributed by atoms with Gasteiger partial charge in [0.1, 0.15) is 18.1 Å². The molecule has 1 amide bonds. The van der Waals surface area contributed by atoms with Crippen LogP contribution in [0.5, 0.6) is 11.5 Å². The zero-order chi connectivity index (χ0) is 36.3. The Kier molecular flexibility index (Phi) is 13.3. The number of benzene rings is 3. The van der Waals surface area contributed by atoms with Crippen molar-refractivity contribution in [1.29, 1.82) is 0 Å². The van der Waals surface area contributed by atoms with E-state index in [0.29, 0.717) is 29.7 Å². The maximum atomic E-state index is 13.4. The summed E-state index contributed by atoms with van der Waals surface area (Å²) in [5.74, 6) is 1.16. The molecule has 0 unspecified atom stereocenters. The number of carbonyl (C=O) groups excluding carboxylic acids is 1. The number of carbonyl (C=O) groups is 2. The van der Waals surface area contributed by atoms with Crippen LogP contribution in [0.4, 0.5) is 18.0 Å². The quantitative estimate of drug-likeness (QED) is 0.185. The molecule has 13 heteroatoms. The molecule has 0 aliphatic heterocycles. The van der Waals surface area contributed by atoms with Gasteiger partial charge in [-0.2, -0.15) is 18.2 Å². The van der Waals surface area contributed by atoms with Crippen molar-refractivity contribution in [3.05, 3.63) is 88.3 Å². The average molecular weight is 681 g/mol. The third-order valence-corrected chi connectivity index (χ3v) is 7.25. The van der Waals surface area contributed by atoms with Gasteiger partial charge in [0.2, 0.25) is 0 Å². The van der Waals surface area contributed by atoms with Crippen molar-refractivity contribution >= 4 is 23.0 Å². The summed E-state index contributed by atoms with van der Waals surface area (Å²) in [6.07, 6.45) is 0.757. The Morgan fingerprint density at radius 3 is 2.14 bits per heavy atom. The lowest BCUT2D eigenvalue weighted by molar-refractivity contribution is -0.192. The summed E-state index contributed by atoms with van der Waals surface area (Å²) < 4.78 is 44.6. The number of halogens is 3. The second kappa shape index (κ2) is 17.2. The molecule has 0 aliphatic carbocycles. The van der Waals surface area contributed by atoms with E-state index in [0.717, 1.165) is 35.0 Å². The predicted octanol–water partition coefficient (Wildman–Crippen LogP) is 6.26. The zero-order valence-electron chi connectivity index (χ0n) is 28.0. The number of carboxylic acid groups (broad SMARTS) is 1. The van der Waals surface area contributed by atoms with Gasteiger partial charge in [-0.15, -0.1) is 6.42 Å². The molecule has 0 radical (unpaired) electrons. The molecule has 4 rings (SSSR count). The minimum absolute atomic E-state index is 0.139. The summed E-state index contributed by atoms with van der Waals surface area (Å²) in [5, 5.41) is 7.91. The van der Waals surface area contributed by atoms with Crippen LogP contribution in [0, 0.1) is 12.3 Å². The number of nitrogens with zero attached hydrogens (tertiary/aromatic N) is 4.